The van der Waals surface area contributed by atoms with Gasteiger partial charge in [0.1, 0.15) is 36.1 Å². The van der Waals surface area contributed by atoms with E-state index in [2.05, 4.69) is 73.7 Å². The van der Waals surface area contributed by atoms with Crippen molar-refractivity contribution in [2.45, 2.75) is 38.1 Å². The summed E-state index contributed by atoms with van der Waals surface area (Å²) in [6.07, 6.45) is 8.31. The lowest BCUT2D eigenvalue weighted by Gasteiger charge is -2.48. The van der Waals surface area contributed by atoms with Gasteiger partial charge in [0.25, 0.3) is 0 Å². The van der Waals surface area contributed by atoms with Crippen LogP contribution in [0.15, 0.2) is 106 Å². The van der Waals surface area contributed by atoms with E-state index >= 15 is 0 Å². The van der Waals surface area contributed by atoms with Gasteiger partial charge < -0.3 is 19.0 Å². The zero-order chi connectivity index (χ0) is 33.7. The number of hydrogen-bond acceptors (Lipinski definition) is 5. The Labute approximate surface area is 286 Å². The first kappa shape index (κ1) is 30.7. The number of nitrogens with one attached hydrogen (secondary N) is 2. The zero-order valence-corrected chi connectivity index (χ0v) is 27.5. The third kappa shape index (κ3) is 5.35. The summed E-state index contributed by atoms with van der Waals surface area (Å²) in [6.45, 7) is 3.61. The molecule has 1 atom stereocenters. The van der Waals surface area contributed by atoms with Crippen molar-refractivity contribution in [1.29, 1.82) is 0 Å². The number of fused-ring (bicyclic) bond motifs is 4. The van der Waals surface area contributed by atoms with Gasteiger partial charge in [-0.15, -0.1) is 0 Å². The molecule has 9 rings (SSSR count). The van der Waals surface area contributed by atoms with Crippen LogP contribution in [0.3, 0.4) is 0 Å². The van der Waals surface area contributed by atoms with Gasteiger partial charge in [-0.25, -0.2) is 8.78 Å². The molecule has 10 heteroatoms. The third-order valence-electron chi connectivity index (χ3n) is 10.7. The summed E-state index contributed by atoms with van der Waals surface area (Å²) >= 11 is 0. The highest BCUT2D eigenvalue weighted by Crippen LogP contribution is 2.45. The quantitative estimate of drug-likeness (QED) is 0.142. The van der Waals surface area contributed by atoms with Gasteiger partial charge in [-0.05, 0) is 87.2 Å². The number of halogens is 2. The van der Waals surface area contributed by atoms with Crippen LogP contribution in [0.4, 0.5) is 20.2 Å². The summed E-state index contributed by atoms with van der Waals surface area (Å²) in [6, 6.07) is 27.2. The first-order valence-corrected chi connectivity index (χ1v) is 17.4. The van der Waals surface area contributed by atoms with Gasteiger partial charge in [0.15, 0.2) is 11.2 Å². The molecule has 4 aromatic heterocycles. The van der Waals surface area contributed by atoms with Crippen LogP contribution in [-0.4, -0.2) is 57.4 Å². The predicted octanol–water partition coefficient (Wildman–Crippen LogP) is 9.19. The predicted molar refractivity (Wildman–Crippen MR) is 192 cm³/mol. The molecule has 0 amide bonds. The molecule has 50 heavy (non-hydrogen) atoms. The normalized spacial score (nSPS) is 16.7. The summed E-state index contributed by atoms with van der Waals surface area (Å²) in [5, 5.41) is 12.8. The molecule has 0 radical (unpaired) electrons. The fourth-order valence-corrected chi connectivity index (χ4v) is 8.31. The van der Waals surface area contributed by atoms with Crippen LogP contribution in [0.2, 0.25) is 0 Å². The number of aromatic nitrogens is 4. The lowest BCUT2D eigenvalue weighted by Crippen LogP contribution is -2.62. The number of quaternary nitrogens is 1. The summed E-state index contributed by atoms with van der Waals surface area (Å²) < 4.78 is 39.3. The smallest absolute Gasteiger partial charge is 0.170 e. The van der Waals surface area contributed by atoms with E-state index in [0.717, 1.165) is 96.0 Å². The van der Waals surface area contributed by atoms with Crippen LogP contribution >= 0.6 is 0 Å². The van der Waals surface area contributed by atoms with Gasteiger partial charge in [0.05, 0.1) is 39.2 Å². The van der Waals surface area contributed by atoms with Crippen molar-refractivity contribution < 1.29 is 17.8 Å². The lowest BCUT2D eigenvalue weighted by atomic mass is 9.96. The Morgan fingerprint density at radius 2 is 1.28 bits per heavy atom. The Bertz CT molecular complexity index is 2380. The number of hydrogen-bond donors (Lipinski definition) is 2. The monoisotopic (exact) mass is 671 g/mol. The second-order valence-corrected chi connectivity index (χ2v) is 13.5. The maximum absolute atomic E-state index is 13.9. The maximum atomic E-state index is 13.9. The topological polar surface area (TPSA) is 86.9 Å². The van der Waals surface area contributed by atoms with E-state index in [9.17, 15) is 8.78 Å². The molecule has 252 valence electrons. The van der Waals surface area contributed by atoms with Gasteiger partial charge in [-0.1, -0.05) is 22.4 Å². The highest BCUT2D eigenvalue weighted by atomic mass is 19.1. The minimum Gasteiger partial charge on any atom is -0.361 e. The number of nitrogens with zero attached hydrogens (tertiary/aromatic N) is 4. The molecular weight excluding hydrogens is 634 g/mol. The number of benzene rings is 4. The van der Waals surface area contributed by atoms with Crippen molar-refractivity contribution in [3.05, 3.63) is 120 Å². The van der Waals surface area contributed by atoms with Gasteiger partial charge in [0.2, 0.25) is 0 Å². The van der Waals surface area contributed by atoms with Crippen molar-refractivity contribution in [3.8, 4) is 0 Å². The van der Waals surface area contributed by atoms with E-state index < -0.39 is 0 Å². The molecule has 8 aromatic rings. The second kappa shape index (κ2) is 12.5. The van der Waals surface area contributed by atoms with E-state index in [0.29, 0.717) is 11.2 Å². The van der Waals surface area contributed by atoms with Crippen LogP contribution in [0.5, 0.6) is 0 Å². The average molecular weight is 672 g/mol. The van der Waals surface area contributed by atoms with Crippen molar-refractivity contribution in [2.24, 2.45) is 0 Å². The molecular formula is C40H37F2N6O2+. The Morgan fingerprint density at radius 1 is 0.700 bits per heavy atom. The Balaban J connectivity index is 1.05. The van der Waals surface area contributed by atoms with E-state index in [1.54, 1.807) is 12.1 Å². The van der Waals surface area contributed by atoms with Crippen molar-refractivity contribution in [3.63, 3.8) is 0 Å². The Morgan fingerprint density at radius 3 is 1.88 bits per heavy atom. The molecule has 5 heterocycles. The van der Waals surface area contributed by atoms with Crippen LogP contribution < -0.4 is 4.48 Å². The Hall–Kier alpha value is -5.32. The summed E-state index contributed by atoms with van der Waals surface area (Å²) in [4.78, 5) is 9.53. The van der Waals surface area contributed by atoms with Gasteiger partial charge >= 0.3 is 0 Å². The lowest BCUT2D eigenvalue weighted by molar-refractivity contribution is 0.0990. The highest BCUT2D eigenvalue weighted by molar-refractivity contribution is 5.98. The fraction of sp³-hybridized carbons (Fsp3) is 0.250. The van der Waals surface area contributed by atoms with Crippen LogP contribution in [0.25, 0.3) is 43.7 Å². The first-order valence-electron chi connectivity index (χ1n) is 17.4. The number of piperazine rings is 1. The van der Waals surface area contributed by atoms with Gasteiger partial charge in [0, 0.05) is 54.0 Å². The molecule has 0 spiro atoms. The van der Waals surface area contributed by atoms with Gasteiger partial charge in [-0.3, -0.25) is 9.38 Å². The van der Waals surface area contributed by atoms with Crippen LogP contribution in [0, 0.1) is 11.6 Å². The minimum atomic E-state index is -0.326. The first-order chi connectivity index (χ1) is 24.6. The fourth-order valence-electron chi connectivity index (χ4n) is 8.31. The van der Waals surface area contributed by atoms with Gasteiger partial charge in [-0.2, -0.15) is 0 Å². The molecule has 1 aliphatic heterocycles. The summed E-state index contributed by atoms with van der Waals surface area (Å²) in [7, 11) is 0. The summed E-state index contributed by atoms with van der Waals surface area (Å²) in [5.74, 6) is -0.651. The molecule has 8 nitrogen and oxygen atoms in total. The molecule has 1 fully saturated rings. The number of aryl methyl sites for hydroxylation is 2. The van der Waals surface area contributed by atoms with E-state index in [1.165, 1.54) is 46.4 Å². The molecule has 0 saturated carbocycles. The van der Waals surface area contributed by atoms with Crippen molar-refractivity contribution in [1.82, 2.24) is 29.7 Å². The minimum absolute atomic E-state index is 0.255. The molecule has 0 aliphatic carbocycles. The number of H-pyrrole nitrogens is 2. The van der Waals surface area contributed by atoms with Crippen LogP contribution in [-0.2, 0) is 12.8 Å². The molecule has 1 unspecified atom stereocenters. The SMILES string of the molecule is Fc1ccc2c(CCCC3C[N+](c4cccc5[nH]ccc45)(c4cccc5[nH]ccc45)CCN3CCCc3noc4cc(F)ccc34)noc2c1. The molecule has 1 aliphatic rings. The molecule has 2 N–H and O–H groups in total. The number of aromatic amines is 2. The zero-order valence-electron chi connectivity index (χ0n) is 27.5. The van der Waals surface area contributed by atoms with Crippen LogP contribution in [0.1, 0.15) is 30.7 Å². The molecule has 0 bridgehead atoms. The Kier molecular flexibility index (Phi) is 7.70. The van der Waals surface area contributed by atoms with E-state index in [1.807, 2.05) is 12.4 Å². The number of rotatable bonds is 10. The summed E-state index contributed by atoms with van der Waals surface area (Å²) in [5.41, 5.74) is 7.57. The van der Waals surface area contributed by atoms with E-state index in [4.69, 9.17) is 9.05 Å². The highest BCUT2D eigenvalue weighted by Gasteiger charge is 2.44. The second-order valence-electron chi connectivity index (χ2n) is 13.5. The molecule has 1 saturated heterocycles. The molecule has 4 aromatic carbocycles. The van der Waals surface area contributed by atoms with E-state index in [-0.39, 0.29) is 17.7 Å². The average Bonchev–Trinajstić information content (AvgIpc) is 3.95. The maximum Gasteiger partial charge on any atom is 0.170 e. The van der Waals surface area contributed by atoms with Crippen molar-refractivity contribution >= 4 is 55.1 Å². The third-order valence-corrected chi connectivity index (χ3v) is 10.7. The largest absolute Gasteiger partial charge is 0.361 e. The standard InChI is InChI=1S/C40H37F2N6O2/c41-26-12-14-31-35(45-49-39(31)23-26)8-1-5-28-25-48(37-10-2-6-33-29(37)16-18-43-33,38-11-3-7-34-30(38)17-19-44-34)22-21-47(28)20-4-9-36-32-15-13-27(42)24-40(32)50-46-36/h2-3,6-7,10-19,23-24,28,43-44H,1,4-5,8-9,20-22,25H2/q+1. The van der Waals surface area contributed by atoms with Crippen molar-refractivity contribution in [2.75, 3.05) is 26.2 Å².